The number of rotatable bonds is 7. The number of aliphatic carboxylic acids is 1. The van der Waals surface area contributed by atoms with Gasteiger partial charge in [-0.2, -0.15) is 0 Å². The molecule has 2 atom stereocenters. The molecular formula is C12H18N2O4S. The van der Waals surface area contributed by atoms with Gasteiger partial charge in [0.25, 0.3) is 0 Å². The maximum Gasteiger partial charge on any atom is 0.332 e. The van der Waals surface area contributed by atoms with Crippen LogP contribution in [0, 0.1) is 12.3 Å². The fourth-order valence-corrected chi connectivity index (χ4v) is 2.18. The van der Waals surface area contributed by atoms with Crippen LogP contribution in [0.3, 0.4) is 0 Å². The number of ether oxygens (including phenoxy) is 1. The Morgan fingerprint density at radius 2 is 2.21 bits per heavy atom. The predicted molar refractivity (Wildman–Crippen MR) is 73.1 cm³/mol. The summed E-state index contributed by atoms with van der Waals surface area (Å²) < 4.78 is 5.26. The fourth-order valence-electron chi connectivity index (χ4n) is 1.67. The molecule has 0 bridgehead atoms. The smallest absolute Gasteiger partial charge is 0.332 e. The van der Waals surface area contributed by atoms with E-state index < -0.39 is 12.1 Å². The Morgan fingerprint density at radius 1 is 1.42 bits per heavy atom. The lowest BCUT2D eigenvalue weighted by Gasteiger charge is -2.12. The van der Waals surface area contributed by atoms with Gasteiger partial charge < -0.3 is 20.5 Å². The van der Waals surface area contributed by atoms with Gasteiger partial charge in [-0.15, -0.1) is 18.2 Å². The molecule has 106 valence electrons. The van der Waals surface area contributed by atoms with Crippen LogP contribution in [0.2, 0.25) is 0 Å². The fraction of sp³-hybridized carbons (Fsp3) is 0.667. The van der Waals surface area contributed by atoms with Crippen LogP contribution in [-0.4, -0.2) is 53.9 Å². The first kappa shape index (κ1) is 15.7. The molecule has 7 heteroatoms. The molecule has 1 fully saturated rings. The molecular weight excluding hydrogens is 268 g/mol. The van der Waals surface area contributed by atoms with Crippen LogP contribution in [0.25, 0.3) is 0 Å². The average molecular weight is 286 g/mol. The highest BCUT2D eigenvalue weighted by molar-refractivity contribution is 7.99. The second-order valence-corrected chi connectivity index (χ2v) is 5.16. The number of hydrogen-bond acceptors (Lipinski definition) is 4. The number of amides is 2. The number of hydrogen-bond donors (Lipinski definition) is 3. The number of nitrogens with one attached hydrogen (secondary N) is 2. The highest BCUT2D eigenvalue weighted by Crippen LogP contribution is 2.18. The number of carboxylic acid groups (broad SMARTS) is 1. The molecule has 1 aliphatic rings. The number of carboxylic acids is 1. The average Bonchev–Trinajstić information content (AvgIpc) is 2.85. The number of urea groups is 1. The van der Waals surface area contributed by atoms with E-state index in [1.54, 1.807) is 11.8 Å². The first-order valence-electron chi connectivity index (χ1n) is 6.04. The van der Waals surface area contributed by atoms with Crippen LogP contribution < -0.4 is 10.6 Å². The van der Waals surface area contributed by atoms with Gasteiger partial charge in [0, 0.05) is 18.8 Å². The van der Waals surface area contributed by atoms with Crippen molar-refractivity contribution in [1.29, 1.82) is 0 Å². The summed E-state index contributed by atoms with van der Waals surface area (Å²) in [7, 11) is 0. The normalized spacial score (nSPS) is 21.6. The molecule has 0 spiro atoms. The van der Waals surface area contributed by atoms with Gasteiger partial charge in [0.05, 0.1) is 11.9 Å². The van der Waals surface area contributed by atoms with Crippen molar-refractivity contribution < 1.29 is 19.4 Å². The summed E-state index contributed by atoms with van der Waals surface area (Å²) in [4.78, 5) is 22.1. The number of terminal acetylenes is 1. The van der Waals surface area contributed by atoms with E-state index in [4.69, 9.17) is 16.3 Å². The first-order chi connectivity index (χ1) is 9.13. The van der Waals surface area contributed by atoms with Crippen molar-refractivity contribution in [2.24, 2.45) is 0 Å². The Balaban J connectivity index is 2.05. The lowest BCUT2D eigenvalue weighted by atomic mass is 10.2. The third-order valence-corrected chi connectivity index (χ3v) is 3.45. The lowest BCUT2D eigenvalue weighted by molar-refractivity contribution is -0.149. The monoisotopic (exact) mass is 286 g/mol. The van der Waals surface area contributed by atoms with Gasteiger partial charge >= 0.3 is 12.0 Å². The lowest BCUT2D eigenvalue weighted by Crippen LogP contribution is -2.40. The summed E-state index contributed by atoms with van der Waals surface area (Å²) in [6.45, 7) is 0.870. The van der Waals surface area contributed by atoms with Crippen molar-refractivity contribution in [2.45, 2.75) is 25.0 Å². The maximum absolute atomic E-state index is 11.4. The first-order valence-corrected chi connectivity index (χ1v) is 7.20. The van der Waals surface area contributed by atoms with Crippen molar-refractivity contribution in [3.05, 3.63) is 0 Å². The summed E-state index contributed by atoms with van der Waals surface area (Å²) in [5, 5.41) is 14.1. The van der Waals surface area contributed by atoms with Crippen LogP contribution in [0.5, 0.6) is 0 Å². The molecule has 0 aliphatic carbocycles. The molecule has 6 nitrogen and oxygen atoms in total. The Labute approximate surface area is 116 Å². The maximum atomic E-state index is 11.4. The topological polar surface area (TPSA) is 87.7 Å². The summed E-state index contributed by atoms with van der Waals surface area (Å²) in [5.41, 5.74) is 0. The molecule has 0 aromatic rings. The quantitative estimate of drug-likeness (QED) is 0.462. The third-order valence-electron chi connectivity index (χ3n) is 2.59. The van der Waals surface area contributed by atoms with Gasteiger partial charge in [-0.3, -0.25) is 0 Å². The Bertz CT molecular complexity index is 356. The van der Waals surface area contributed by atoms with E-state index in [-0.39, 0.29) is 12.1 Å². The van der Waals surface area contributed by atoms with E-state index >= 15 is 0 Å². The highest BCUT2D eigenvalue weighted by Gasteiger charge is 2.30. The van der Waals surface area contributed by atoms with Gasteiger partial charge in [-0.05, 0) is 12.8 Å². The van der Waals surface area contributed by atoms with Gasteiger partial charge in [-0.25, -0.2) is 9.59 Å². The van der Waals surface area contributed by atoms with Crippen molar-refractivity contribution in [1.82, 2.24) is 10.6 Å². The molecule has 1 aliphatic heterocycles. The predicted octanol–water partition coefficient (Wildman–Crippen LogP) is 0.284. The zero-order chi connectivity index (χ0) is 14.1. The van der Waals surface area contributed by atoms with E-state index in [1.165, 1.54) is 0 Å². The third kappa shape index (κ3) is 6.36. The Morgan fingerprint density at radius 3 is 2.84 bits per heavy atom. The van der Waals surface area contributed by atoms with Crippen LogP contribution >= 0.6 is 11.8 Å². The molecule has 0 aromatic heterocycles. The standard InChI is InChI=1S/C12H18N2O4S/c1-2-6-19-7-5-13-12(17)14-8-9-3-4-10(18-9)11(15)16/h1,9-10H,3-8H2,(H,15,16)(H2,13,14,17). The molecule has 2 amide bonds. The molecule has 0 radical (unpaired) electrons. The highest BCUT2D eigenvalue weighted by atomic mass is 32.2. The van der Waals surface area contributed by atoms with E-state index in [1.807, 2.05) is 0 Å². The van der Waals surface area contributed by atoms with E-state index in [0.717, 1.165) is 5.75 Å². The van der Waals surface area contributed by atoms with Gasteiger partial charge in [0.15, 0.2) is 6.10 Å². The molecule has 1 saturated heterocycles. The minimum Gasteiger partial charge on any atom is -0.479 e. The summed E-state index contributed by atoms with van der Waals surface area (Å²) >= 11 is 1.57. The number of thioether (sulfide) groups is 1. The zero-order valence-corrected chi connectivity index (χ0v) is 11.4. The molecule has 3 N–H and O–H groups in total. The molecule has 1 heterocycles. The van der Waals surface area contributed by atoms with E-state index in [9.17, 15) is 9.59 Å². The van der Waals surface area contributed by atoms with Crippen LogP contribution in [-0.2, 0) is 9.53 Å². The summed E-state index contributed by atoms with van der Waals surface area (Å²) in [6, 6.07) is -0.274. The second-order valence-electron chi connectivity index (χ2n) is 4.06. The molecule has 0 saturated carbocycles. The van der Waals surface area contributed by atoms with Crippen LogP contribution in [0.1, 0.15) is 12.8 Å². The minimum atomic E-state index is -0.947. The largest absolute Gasteiger partial charge is 0.479 e. The van der Waals surface area contributed by atoms with E-state index in [2.05, 4.69) is 16.6 Å². The SMILES string of the molecule is C#CCSCCNC(=O)NCC1CCC(C(=O)O)O1. The zero-order valence-electron chi connectivity index (χ0n) is 10.6. The van der Waals surface area contributed by atoms with Crippen molar-refractivity contribution in [3.63, 3.8) is 0 Å². The molecule has 2 unspecified atom stereocenters. The molecule has 19 heavy (non-hydrogen) atoms. The molecule has 1 rings (SSSR count). The van der Waals surface area contributed by atoms with Crippen LogP contribution in [0.15, 0.2) is 0 Å². The summed E-state index contributed by atoms with van der Waals surface area (Å²) in [5.74, 6) is 2.95. The van der Waals surface area contributed by atoms with E-state index in [0.29, 0.717) is 31.7 Å². The van der Waals surface area contributed by atoms with Gasteiger partial charge in [0.1, 0.15) is 0 Å². The second kappa shape index (κ2) is 8.67. The van der Waals surface area contributed by atoms with Crippen LogP contribution in [0.4, 0.5) is 4.79 Å². The van der Waals surface area contributed by atoms with Crippen molar-refractivity contribution in [3.8, 4) is 12.3 Å². The Kier molecular flexibility index (Phi) is 7.15. The van der Waals surface area contributed by atoms with Gasteiger partial charge in [0.2, 0.25) is 0 Å². The number of carbonyl (C=O) groups excluding carboxylic acids is 1. The molecule has 0 aromatic carbocycles. The van der Waals surface area contributed by atoms with Gasteiger partial charge in [-0.1, -0.05) is 5.92 Å². The van der Waals surface area contributed by atoms with Crippen molar-refractivity contribution >= 4 is 23.8 Å². The minimum absolute atomic E-state index is 0.220. The number of carbonyl (C=O) groups is 2. The Hall–Kier alpha value is -1.39. The summed E-state index contributed by atoms with van der Waals surface area (Å²) in [6.07, 6.45) is 5.27. The van der Waals surface area contributed by atoms with Crippen molar-refractivity contribution in [2.75, 3.05) is 24.6 Å².